The Morgan fingerprint density at radius 3 is 2.29 bits per heavy atom. The summed E-state index contributed by atoms with van der Waals surface area (Å²) in [4.78, 5) is 21.3. The molecule has 0 saturated carbocycles. The van der Waals surface area contributed by atoms with Gasteiger partial charge in [0.2, 0.25) is 0 Å². The molecule has 0 spiro atoms. The van der Waals surface area contributed by atoms with Crippen molar-refractivity contribution in [1.29, 1.82) is 0 Å². The van der Waals surface area contributed by atoms with Crippen molar-refractivity contribution in [2.45, 2.75) is 51.8 Å². The molecule has 5 nitrogen and oxygen atoms in total. The van der Waals surface area contributed by atoms with Gasteiger partial charge in [-0.05, 0) is 39.3 Å². The zero-order chi connectivity index (χ0) is 16.0. The van der Waals surface area contributed by atoms with Crippen molar-refractivity contribution < 1.29 is 24.2 Å². The highest BCUT2D eigenvalue weighted by molar-refractivity contribution is 6.54. The van der Waals surface area contributed by atoms with Crippen LogP contribution in [0.15, 0.2) is 23.8 Å². The molecular formula is C15H24O5Si. The molecule has 1 atom stereocenters. The van der Waals surface area contributed by atoms with E-state index in [0.717, 1.165) is 0 Å². The van der Waals surface area contributed by atoms with Gasteiger partial charge in [0.25, 0.3) is 0 Å². The number of hydrogen-bond donors (Lipinski definition) is 2. The molecule has 0 aromatic rings. The first kappa shape index (κ1) is 17.6. The maximum absolute atomic E-state index is 10.8. The number of aliphatic carboxylic acids is 2. The molecule has 0 aromatic heterocycles. The Bertz CT molecular complexity index is 451. The quantitative estimate of drug-likeness (QED) is 0.780. The number of carbonyl (C=O) groups is 2. The molecule has 21 heavy (non-hydrogen) atoms. The van der Waals surface area contributed by atoms with Gasteiger partial charge in [-0.15, -0.1) is 0 Å². The number of rotatable bonds is 4. The summed E-state index contributed by atoms with van der Waals surface area (Å²) in [6, 6.07) is 2.86. The van der Waals surface area contributed by atoms with Crippen LogP contribution in [0, 0.1) is 5.41 Å². The van der Waals surface area contributed by atoms with Crippen molar-refractivity contribution in [1.82, 2.24) is 0 Å². The smallest absolute Gasteiger partial charge is 0.331 e. The third-order valence-corrected chi connectivity index (χ3v) is 6.63. The van der Waals surface area contributed by atoms with Gasteiger partial charge in [-0.3, -0.25) is 4.79 Å². The fourth-order valence-corrected chi connectivity index (χ4v) is 3.86. The van der Waals surface area contributed by atoms with E-state index >= 15 is 0 Å². The summed E-state index contributed by atoms with van der Waals surface area (Å²) in [7, 11) is -0.559. The molecule has 118 valence electrons. The van der Waals surface area contributed by atoms with Crippen LogP contribution in [0.1, 0.15) is 33.6 Å². The summed E-state index contributed by atoms with van der Waals surface area (Å²) >= 11 is 0. The maximum Gasteiger partial charge on any atom is 0.331 e. The largest absolute Gasteiger partial charge is 0.481 e. The van der Waals surface area contributed by atoms with Crippen LogP contribution in [0.5, 0.6) is 0 Å². The summed E-state index contributed by atoms with van der Waals surface area (Å²) in [5.74, 6) is -2.06. The molecule has 2 aliphatic rings. The third kappa shape index (κ3) is 5.47. The van der Waals surface area contributed by atoms with E-state index in [9.17, 15) is 9.59 Å². The van der Waals surface area contributed by atoms with Crippen molar-refractivity contribution in [2.75, 3.05) is 0 Å². The molecule has 1 aliphatic carbocycles. The van der Waals surface area contributed by atoms with E-state index in [2.05, 4.69) is 13.8 Å². The number of carboxylic acid groups (broad SMARTS) is 2. The summed E-state index contributed by atoms with van der Waals surface area (Å²) in [6.45, 7) is 5.76. The molecule has 0 amide bonds. The van der Waals surface area contributed by atoms with E-state index < -0.39 is 26.4 Å². The third-order valence-electron chi connectivity index (χ3n) is 3.60. The Hall–Kier alpha value is -1.40. The Morgan fingerprint density at radius 2 is 1.95 bits per heavy atom. The molecule has 1 aliphatic heterocycles. The summed E-state index contributed by atoms with van der Waals surface area (Å²) in [5, 5.41) is 17.5. The van der Waals surface area contributed by atoms with Crippen LogP contribution in [-0.2, 0) is 14.0 Å². The van der Waals surface area contributed by atoms with Gasteiger partial charge in [0.05, 0.1) is 5.41 Å². The van der Waals surface area contributed by atoms with Crippen LogP contribution in [0.4, 0.5) is 0 Å². The van der Waals surface area contributed by atoms with Crippen LogP contribution in [-0.4, -0.2) is 37.3 Å². The average Bonchev–Trinajstić information content (AvgIpc) is 2.34. The molecule has 1 unspecified atom stereocenters. The molecule has 0 bridgehead atoms. The van der Waals surface area contributed by atoms with Gasteiger partial charge in [0.1, 0.15) is 0 Å². The van der Waals surface area contributed by atoms with Crippen molar-refractivity contribution in [3.8, 4) is 0 Å². The van der Waals surface area contributed by atoms with Crippen molar-refractivity contribution in [3.63, 3.8) is 0 Å². The lowest BCUT2D eigenvalue weighted by Crippen LogP contribution is -2.28. The van der Waals surface area contributed by atoms with E-state index in [0.29, 0.717) is 6.10 Å². The van der Waals surface area contributed by atoms with Crippen LogP contribution < -0.4 is 0 Å². The predicted octanol–water partition coefficient (Wildman–Crippen LogP) is 2.59. The fourth-order valence-electron chi connectivity index (χ4n) is 2.08. The molecule has 0 radical (unpaired) electrons. The van der Waals surface area contributed by atoms with E-state index in [-0.39, 0.29) is 12.0 Å². The topological polar surface area (TPSA) is 83.8 Å². The van der Waals surface area contributed by atoms with Crippen LogP contribution in [0.25, 0.3) is 0 Å². The lowest BCUT2D eigenvalue weighted by Gasteiger charge is -2.25. The molecule has 1 saturated heterocycles. The van der Waals surface area contributed by atoms with E-state index in [4.69, 9.17) is 14.6 Å². The monoisotopic (exact) mass is 312 g/mol. The zero-order valence-electron chi connectivity index (χ0n) is 12.8. The molecule has 0 aromatic carbocycles. The van der Waals surface area contributed by atoms with Crippen LogP contribution >= 0.6 is 0 Å². The molecule has 2 rings (SSSR count). The molecular weight excluding hydrogens is 288 g/mol. The molecule has 6 heteroatoms. The highest BCUT2D eigenvalue weighted by Gasteiger charge is 2.34. The van der Waals surface area contributed by atoms with Gasteiger partial charge in [0.15, 0.2) is 9.04 Å². The van der Waals surface area contributed by atoms with Gasteiger partial charge >= 0.3 is 11.9 Å². The van der Waals surface area contributed by atoms with Gasteiger partial charge < -0.3 is 14.6 Å². The second-order valence-corrected chi connectivity index (χ2v) is 8.66. The highest BCUT2D eigenvalue weighted by atomic mass is 28.3. The first-order valence-corrected chi connectivity index (χ1v) is 9.35. The van der Waals surface area contributed by atoms with Gasteiger partial charge in [-0.1, -0.05) is 24.6 Å². The standard InChI is InChI=1S/C9H10O4.C6H14OSi/c1-9(8(12)13)4-2-3-6(5-9)7(10)11;1-6(2)7-8-4-3-5-8/h2-4H,5H2,1H3,(H,10,11)(H,12,13);6,8H,3-5H2,1-2H3. The summed E-state index contributed by atoms with van der Waals surface area (Å²) in [6.07, 6.45) is 6.36. The zero-order valence-corrected chi connectivity index (χ0v) is 14.0. The van der Waals surface area contributed by atoms with Gasteiger partial charge in [-0.25, -0.2) is 4.79 Å². The fraction of sp³-hybridized carbons (Fsp3) is 0.600. The predicted molar refractivity (Wildman–Crippen MR) is 82.8 cm³/mol. The Morgan fingerprint density at radius 1 is 1.33 bits per heavy atom. The lowest BCUT2D eigenvalue weighted by atomic mass is 9.80. The summed E-state index contributed by atoms with van der Waals surface area (Å²) < 4.78 is 5.62. The van der Waals surface area contributed by atoms with Crippen LogP contribution in [0.2, 0.25) is 12.1 Å². The van der Waals surface area contributed by atoms with Crippen molar-refractivity contribution in [3.05, 3.63) is 23.8 Å². The van der Waals surface area contributed by atoms with E-state index in [1.54, 1.807) is 0 Å². The van der Waals surface area contributed by atoms with Crippen molar-refractivity contribution in [2.24, 2.45) is 5.41 Å². The second-order valence-electron chi connectivity index (χ2n) is 5.99. The first-order valence-electron chi connectivity index (χ1n) is 7.25. The second kappa shape index (κ2) is 7.56. The SMILES string of the molecule is CC(C)O[SiH]1CCC1.CC1(C(=O)O)C=CC=C(C(=O)O)C1. The Balaban J connectivity index is 0.000000235. The first-order chi connectivity index (χ1) is 9.74. The molecule has 2 N–H and O–H groups in total. The van der Waals surface area contributed by atoms with Crippen molar-refractivity contribution >= 4 is 21.0 Å². The Labute approximate surface area is 127 Å². The normalized spacial score (nSPS) is 24.7. The van der Waals surface area contributed by atoms with Gasteiger partial charge in [-0.2, -0.15) is 0 Å². The minimum atomic E-state index is -1.08. The summed E-state index contributed by atoms with van der Waals surface area (Å²) in [5.41, 5.74) is -0.949. The number of allylic oxidation sites excluding steroid dienone is 2. The minimum absolute atomic E-state index is 0.0359. The average molecular weight is 312 g/mol. The maximum atomic E-state index is 10.8. The lowest BCUT2D eigenvalue weighted by molar-refractivity contribution is -0.145. The van der Waals surface area contributed by atoms with E-state index in [1.807, 2.05) is 0 Å². The van der Waals surface area contributed by atoms with Gasteiger partial charge in [0, 0.05) is 11.7 Å². The molecule has 1 fully saturated rings. The number of carboxylic acids is 2. The number of hydrogen-bond acceptors (Lipinski definition) is 3. The van der Waals surface area contributed by atoms with Crippen LogP contribution in [0.3, 0.4) is 0 Å². The van der Waals surface area contributed by atoms with E-state index in [1.165, 1.54) is 43.7 Å². The molecule has 1 heterocycles. The minimum Gasteiger partial charge on any atom is -0.481 e. The highest BCUT2D eigenvalue weighted by Crippen LogP contribution is 2.31. The Kier molecular flexibility index (Phi) is 6.35.